The first-order valence-corrected chi connectivity index (χ1v) is 6.50. The fourth-order valence-corrected chi connectivity index (χ4v) is 2.97. The predicted molar refractivity (Wildman–Crippen MR) is 70.1 cm³/mol. The van der Waals surface area contributed by atoms with Gasteiger partial charge in [-0.3, -0.25) is 0 Å². The van der Waals surface area contributed by atoms with E-state index < -0.39 is 0 Å². The van der Waals surface area contributed by atoms with Crippen molar-refractivity contribution < 1.29 is 0 Å². The van der Waals surface area contributed by atoms with E-state index >= 15 is 0 Å². The van der Waals surface area contributed by atoms with Crippen molar-refractivity contribution in [1.82, 2.24) is 5.32 Å². The molecule has 0 spiro atoms. The molecule has 88 valence electrons. The zero-order chi connectivity index (χ0) is 11.6. The molecule has 1 nitrogen and oxygen atoms in total. The average molecular weight is 238 g/mol. The number of rotatable bonds is 2. The Morgan fingerprint density at radius 1 is 1.44 bits per heavy atom. The maximum atomic E-state index is 6.31. The van der Waals surface area contributed by atoms with Crippen LogP contribution in [0, 0.1) is 5.41 Å². The Bertz CT molecular complexity index is 364. The molecule has 1 aliphatic rings. The molecular weight excluding hydrogens is 218 g/mol. The molecule has 1 fully saturated rings. The van der Waals surface area contributed by atoms with Gasteiger partial charge in [-0.15, -0.1) is 0 Å². The third kappa shape index (κ3) is 2.11. The van der Waals surface area contributed by atoms with E-state index in [-0.39, 0.29) is 0 Å². The maximum absolute atomic E-state index is 6.31. The van der Waals surface area contributed by atoms with Crippen molar-refractivity contribution in [2.24, 2.45) is 5.41 Å². The summed E-state index contributed by atoms with van der Waals surface area (Å²) < 4.78 is 0. The van der Waals surface area contributed by atoms with E-state index in [2.05, 4.69) is 31.3 Å². The molecule has 1 saturated heterocycles. The smallest absolute Gasteiger partial charge is 0.0441 e. The minimum atomic E-state index is 0.385. The van der Waals surface area contributed by atoms with Gasteiger partial charge in [0.2, 0.25) is 0 Å². The summed E-state index contributed by atoms with van der Waals surface area (Å²) in [7, 11) is 0. The van der Waals surface area contributed by atoms with Gasteiger partial charge >= 0.3 is 0 Å². The lowest BCUT2D eigenvalue weighted by molar-refractivity contribution is 0.180. The lowest BCUT2D eigenvalue weighted by atomic mass is 9.68. The number of hydrogen-bond donors (Lipinski definition) is 1. The second-order valence-electron chi connectivity index (χ2n) is 5.04. The molecule has 16 heavy (non-hydrogen) atoms. The van der Waals surface area contributed by atoms with Gasteiger partial charge in [0.15, 0.2) is 0 Å². The number of piperidine rings is 1. The molecule has 1 aromatic carbocycles. The van der Waals surface area contributed by atoms with E-state index in [0.29, 0.717) is 11.3 Å². The van der Waals surface area contributed by atoms with Crippen LogP contribution in [-0.4, -0.2) is 13.1 Å². The van der Waals surface area contributed by atoms with Crippen molar-refractivity contribution in [3.05, 3.63) is 34.9 Å². The summed E-state index contributed by atoms with van der Waals surface area (Å²) in [6, 6.07) is 8.27. The fraction of sp³-hybridized carbons (Fsp3) is 0.571. The van der Waals surface area contributed by atoms with Crippen molar-refractivity contribution in [2.45, 2.75) is 32.6 Å². The van der Waals surface area contributed by atoms with Crippen molar-refractivity contribution in [2.75, 3.05) is 13.1 Å². The Kier molecular flexibility index (Phi) is 3.56. The van der Waals surface area contributed by atoms with E-state index in [9.17, 15) is 0 Å². The zero-order valence-electron chi connectivity index (χ0n) is 10.1. The predicted octanol–water partition coefficient (Wildman–Crippen LogP) is 3.83. The second kappa shape index (κ2) is 4.77. The van der Waals surface area contributed by atoms with E-state index in [4.69, 9.17) is 11.6 Å². The Hall–Kier alpha value is -0.530. The highest BCUT2D eigenvalue weighted by Crippen LogP contribution is 2.44. The van der Waals surface area contributed by atoms with Crippen LogP contribution in [0.4, 0.5) is 0 Å². The van der Waals surface area contributed by atoms with Crippen molar-refractivity contribution in [3.8, 4) is 0 Å². The summed E-state index contributed by atoms with van der Waals surface area (Å²) >= 11 is 6.31. The molecule has 1 aromatic rings. The Morgan fingerprint density at radius 2 is 2.19 bits per heavy atom. The summed E-state index contributed by atoms with van der Waals surface area (Å²) in [5, 5.41) is 4.40. The molecule has 0 aromatic heterocycles. The molecule has 0 bridgehead atoms. The van der Waals surface area contributed by atoms with Gasteiger partial charge in [0.05, 0.1) is 0 Å². The van der Waals surface area contributed by atoms with Crippen LogP contribution >= 0.6 is 11.6 Å². The lowest BCUT2D eigenvalue weighted by Gasteiger charge is -2.42. The minimum absolute atomic E-state index is 0.385. The van der Waals surface area contributed by atoms with Crippen LogP contribution in [0.1, 0.15) is 38.2 Å². The number of benzene rings is 1. The lowest BCUT2D eigenvalue weighted by Crippen LogP contribution is -2.41. The van der Waals surface area contributed by atoms with E-state index in [1.165, 1.54) is 18.4 Å². The minimum Gasteiger partial charge on any atom is -0.316 e. The molecule has 2 atom stereocenters. The van der Waals surface area contributed by atoms with Gasteiger partial charge in [0.1, 0.15) is 0 Å². The van der Waals surface area contributed by atoms with Gasteiger partial charge in [-0.05, 0) is 30.0 Å². The van der Waals surface area contributed by atoms with Gasteiger partial charge in [-0.25, -0.2) is 0 Å². The van der Waals surface area contributed by atoms with Crippen LogP contribution in [0.5, 0.6) is 0 Å². The van der Waals surface area contributed by atoms with Gasteiger partial charge < -0.3 is 5.32 Å². The first-order chi connectivity index (χ1) is 7.67. The number of hydrogen-bond acceptors (Lipinski definition) is 1. The summed E-state index contributed by atoms with van der Waals surface area (Å²) in [5.41, 5.74) is 1.69. The number of nitrogens with one attached hydrogen (secondary N) is 1. The fourth-order valence-electron chi connectivity index (χ4n) is 2.71. The highest BCUT2D eigenvalue weighted by Gasteiger charge is 2.36. The quantitative estimate of drug-likeness (QED) is 0.824. The van der Waals surface area contributed by atoms with Gasteiger partial charge in [-0.1, -0.05) is 50.1 Å². The van der Waals surface area contributed by atoms with Crippen molar-refractivity contribution in [3.63, 3.8) is 0 Å². The van der Waals surface area contributed by atoms with E-state index in [1.54, 1.807) is 0 Å². The van der Waals surface area contributed by atoms with E-state index in [1.807, 2.05) is 12.1 Å². The van der Waals surface area contributed by atoms with Gasteiger partial charge in [0, 0.05) is 17.5 Å². The molecule has 1 heterocycles. The molecule has 2 unspecified atom stereocenters. The summed E-state index contributed by atoms with van der Waals surface area (Å²) in [4.78, 5) is 0. The first kappa shape index (κ1) is 11.9. The molecule has 0 radical (unpaired) electrons. The van der Waals surface area contributed by atoms with Crippen LogP contribution in [0.2, 0.25) is 5.02 Å². The second-order valence-corrected chi connectivity index (χ2v) is 5.44. The topological polar surface area (TPSA) is 12.0 Å². The largest absolute Gasteiger partial charge is 0.316 e. The van der Waals surface area contributed by atoms with Crippen LogP contribution < -0.4 is 5.32 Å². The normalized spacial score (nSPS) is 30.3. The third-order valence-electron chi connectivity index (χ3n) is 4.15. The van der Waals surface area contributed by atoms with Gasteiger partial charge in [-0.2, -0.15) is 0 Å². The highest BCUT2D eigenvalue weighted by molar-refractivity contribution is 6.31. The molecule has 1 N–H and O–H groups in total. The summed E-state index contributed by atoms with van der Waals surface area (Å²) in [6.07, 6.45) is 2.45. The zero-order valence-corrected chi connectivity index (χ0v) is 10.8. The first-order valence-electron chi connectivity index (χ1n) is 6.12. The van der Waals surface area contributed by atoms with Crippen molar-refractivity contribution in [1.29, 1.82) is 0 Å². The monoisotopic (exact) mass is 237 g/mol. The molecule has 2 rings (SSSR count). The van der Waals surface area contributed by atoms with Crippen molar-refractivity contribution >= 4 is 11.6 Å². The molecule has 2 heteroatoms. The summed E-state index contributed by atoms with van der Waals surface area (Å²) in [5.74, 6) is 0.542. The van der Waals surface area contributed by atoms with E-state index in [0.717, 1.165) is 18.1 Å². The maximum Gasteiger partial charge on any atom is 0.0441 e. The summed E-state index contributed by atoms with van der Waals surface area (Å²) in [6.45, 7) is 6.86. The van der Waals surface area contributed by atoms with Gasteiger partial charge in [0.25, 0.3) is 0 Å². The van der Waals surface area contributed by atoms with Crippen LogP contribution in [0.25, 0.3) is 0 Å². The molecule has 1 aliphatic heterocycles. The average Bonchev–Trinajstić information content (AvgIpc) is 2.31. The van der Waals surface area contributed by atoms with Crippen LogP contribution in [0.15, 0.2) is 24.3 Å². The molecule has 0 aliphatic carbocycles. The van der Waals surface area contributed by atoms with Crippen LogP contribution in [-0.2, 0) is 0 Å². The Labute approximate surface area is 103 Å². The van der Waals surface area contributed by atoms with Crippen LogP contribution in [0.3, 0.4) is 0 Å². The molecular formula is C14H20ClN. The molecule has 0 amide bonds. The Balaban J connectivity index is 2.34. The SMILES string of the molecule is CCC1(C)CCNCC1c1ccccc1Cl. The third-order valence-corrected chi connectivity index (χ3v) is 4.50. The number of halogens is 1. The Morgan fingerprint density at radius 3 is 2.88 bits per heavy atom. The standard InChI is InChI=1S/C14H20ClN/c1-3-14(2)8-9-16-10-12(14)11-6-4-5-7-13(11)15/h4-7,12,16H,3,8-10H2,1-2H3. The highest BCUT2D eigenvalue weighted by atomic mass is 35.5. The molecule has 0 saturated carbocycles.